The van der Waals surface area contributed by atoms with Gasteiger partial charge in [-0.15, -0.1) is 0 Å². The second-order valence-corrected chi connectivity index (χ2v) is 5.49. The van der Waals surface area contributed by atoms with Gasteiger partial charge in [-0.1, -0.05) is 32.9 Å². The van der Waals surface area contributed by atoms with Crippen molar-refractivity contribution in [3.05, 3.63) is 35.6 Å². The van der Waals surface area contributed by atoms with Crippen LogP contribution in [0.5, 0.6) is 0 Å². The summed E-state index contributed by atoms with van der Waals surface area (Å²) >= 11 is 0. The summed E-state index contributed by atoms with van der Waals surface area (Å²) < 4.78 is 12.9. The molecule has 1 rings (SSSR count). The fourth-order valence-corrected chi connectivity index (χ4v) is 1.65. The van der Waals surface area contributed by atoms with Gasteiger partial charge in [-0.2, -0.15) is 0 Å². The summed E-state index contributed by atoms with van der Waals surface area (Å²) in [6.07, 6.45) is 2.91. The highest BCUT2D eigenvalue weighted by molar-refractivity contribution is 5.16. The summed E-state index contributed by atoms with van der Waals surface area (Å²) in [4.78, 5) is 0. The van der Waals surface area contributed by atoms with Crippen LogP contribution >= 0.6 is 0 Å². The smallest absolute Gasteiger partial charge is 0.123 e. The fourth-order valence-electron chi connectivity index (χ4n) is 1.65. The molecule has 16 heavy (non-hydrogen) atoms. The van der Waals surface area contributed by atoms with Gasteiger partial charge in [0.1, 0.15) is 5.82 Å². The molecule has 0 aliphatic heterocycles. The first-order valence-corrected chi connectivity index (χ1v) is 5.89. The topological polar surface area (TPSA) is 26.0 Å². The van der Waals surface area contributed by atoms with E-state index in [9.17, 15) is 4.39 Å². The van der Waals surface area contributed by atoms with Crippen molar-refractivity contribution < 1.29 is 4.39 Å². The zero-order chi connectivity index (χ0) is 12.2. The molecular formula is C14H22FN. The van der Waals surface area contributed by atoms with Gasteiger partial charge in [0.2, 0.25) is 0 Å². The van der Waals surface area contributed by atoms with Crippen LogP contribution in [0.2, 0.25) is 0 Å². The van der Waals surface area contributed by atoms with E-state index in [1.54, 1.807) is 12.1 Å². The Morgan fingerprint density at radius 3 is 2.56 bits per heavy atom. The van der Waals surface area contributed by atoms with Crippen molar-refractivity contribution in [3.8, 4) is 0 Å². The van der Waals surface area contributed by atoms with Crippen molar-refractivity contribution >= 4 is 0 Å². The molecule has 0 aromatic heterocycles. The molecule has 2 heteroatoms. The van der Waals surface area contributed by atoms with E-state index in [0.29, 0.717) is 0 Å². The van der Waals surface area contributed by atoms with Gasteiger partial charge in [0, 0.05) is 6.04 Å². The number of benzene rings is 1. The van der Waals surface area contributed by atoms with Crippen molar-refractivity contribution in [2.45, 2.75) is 46.1 Å². The lowest BCUT2D eigenvalue weighted by Gasteiger charge is -2.26. The van der Waals surface area contributed by atoms with Gasteiger partial charge < -0.3 is 5.73 Å². The van der Waals surface area contributed by atoms with Gasteiger partial charge in [-0.3, -0.25) is 0 Å². The van der Waals surface area contributed by atoms with Crippen LogP contribution in [0.3, 0.4) is 0 Å². The zero-order valence-electron chi connectivity index (χ0n) is 10.5. The van der Waals surface area contributed by atoms with E-state index in [4.69, 9.17) is 5.73 Å². The van der Waals surface area contributed by atoms with Gasteiger partial charge in [-0.05, 0) is 42.4 Å². The minimum Gasteiger partial charge on any atom is -0.327 e. The van der Waals surface area contributed by atoms with E-state index in [2.05, 4.69) is 20.8 Å². The molecule has 0 saturated carbocycles. The van der Waals surface area contributed by atoms with Crippen LogP contribution < -0.4 is 5.73 Å². The second kappa shape index (κ2) is 5.44. The van der Waals surface area contributed by atoms with Crippen LogP contribution in [0.4, 0.5) is 4.39 Å². The number of hydrogen-bond donors (Lipinski definition) is 1. The van der Waals surface area contributed by atoms with Crippen molar-refractivity contribution in [3.63, 3.8) is 0 Å². The Balaban J connectivity index is 2.36. The minimum atomic E-state index is -0.155. The first kappa shape index (κ1) is 13.2. The summed E-state index contributed by atoms with van der Waals surface area (Å²) in [7, 11) is 0. The average Bonchev–Trinajstić information content (AvgIpc) is 2.16. The summed E-state index contributed by atoms with van der Waals surface area (Å²) in [6.45, 7) is 6.46. The molecule has 2 N–H and O–H groups in total. The lowest BCUT2D eigenvalue weighted by molar-refractivity contribution is 0.301. The molecule has 1 nitrogen and oxygen atoms in total. The van der Waals surface area contributed by atoms with Gasteiger partial charge >= 0.3 is 0 Å². The standard InChI is InChI=1S/C14H22FN/c1-14(2,3)13(16)9-5-7-11-6-4-8-12(15)10-11/h4,6,8,10,13H,5,7,9,16H2,1-3H3. The highest BCUT2D eigenvalue weighted by atomic mass is 19.1. The maximum atomic E-state index is 12.9. The van der Waals surface area contributed by atoms with Crippen molar-refractivity contribution in [1.82, 2.24) is 0 Å². The Labute approximate surface area is 97.9 Å². The fraction of sp³-hybridized carbons (Fsp3) is 0.571. The van der Waals surface area contributed by atoms with Crippen LogP contribution in [0.1, 0.15) is 39.2 Å². The molecule has 0 saturated heterocycles. The van der Waals surface area contributed by atoms with Gasteiger partial charge in [0.05, 0.1) is 0 Å². The average molecular weight is 223 g/mol. The first-order valence-electron chi connectivity index (χ1n) is 5.89. The molecule has 0 bridgehead atoms. The maximum Gasteiger partial charge on any atom is 0.123 e. The molecule has 0 heterocycles. The second-order valence-electron chi connectivity index (χ2n) is 5.49. The van der Waals surface area contributed by atoms with Gasteiger partial charge in [-0.25, -0.2) is 4.39 Å². The van der Waals surface area contributed by atoms with Crippen LogP contribution in [-0.2, 0) is 6.42 Å². The number of nitrogens with two attached hydrogens (primary N) is 1. The Morgan fingerprint density at radius 2 is 2.00 bits per heavy atom. The number of aryl methyl sites for hydroxylation is 1. The van der Waals surface area contributed by atoms with Gasteiger partial charge in [0.25, 0.3) is 0 Å². The molecule has 1 aromatic rings. The monoisotopic (exact) mass is 223 g/mol. The third kappa shape index (κ3) is 4.31. The maximum absolute atomic E-state index is 12.9. The minimum absolute atomic E-state index is 0.155. The van der Waals surface area contributed by atoms with Crippen LogP contribution in [0.25, 0.3) is 0 Å². The first-order chi connectivity index (χ1) is 7.39. The predicted molar refractivity (Wildman–Crippen MR) is 66.8 cm³/mol. The third-order valence-corrected chi connectivity index (χ3v) is 2.98. The lowest BCUT2D eigenvalue weighted by Crippen LogP contribution is -2.34. The molecule has 1 atom stereocenters. The van der Waals surface area contributed by atoms with Crippen molar-refractivity contribution in [2.75, 3.05) is 0 Å². The van der Waals surface area contributed by atoms with E-state index >= 15 is 0 Å². The van der Waals surface area contributed by atoms with E-state index in [-0.39, 0.29) is 17.3 Å². The van der Waals surface area contributed by atoms with E-state index in [1.807, 2.05) is 6.07 Å². The van der Waals surface area contributed by atoms with Crippen LogP contribution in [0.15, 0.2) is 24.3 Å². The number of rotatable bonds is 4. The highest BCUT2D eigenvalue weighted by Crippen LogP contribution is 2.21. The molecule has 1 aromatic carbocycles. The summed E-state index contributed by atoms with van der Waals surface area (Å²) in [6, 6.07) is 7.01. The molecule has 0 amide bonds. The largest absolute Gasteiger partial charge is 0.327 e. The molecule has 0 fully saturated rings. The predicted octanol–water partition coefficient (Wildman–Crippen LogP) is 3.52. The normalized spacial score (nSPS) is 13.8. The number of hydrogen-bond acceptors (Lipinski definition) is 1. The van der Waals surface area contributed by atoms with E-state index < -0.39 is 0 Å². The summed E-state index contributed by atoms with van der Waals surface area (Å²) in [5.41, 5.74) is 7.28. The Hall–Kier alpha value is -0.890. The molecule has 1 unspecified atom stereocenters. The SMILES string of the molecule is CC(C)(C)C(N)CCCc1cccc(F)c1. The van der Waals surface area contributed by atoms with E-state index in [0.717, 1.165) is 24.8 Å². The highest BCUT2D eigenvalue weighted by Gasteiger charge is 2.19. The molecular weight excluding hydrogens is 201 g/mol. The van der Waals surface area contributed by atoms with Crippen molar-refractivity contribution in [1.29, 1.82) is 0 Å². The Bertz CT molecular complexity index is 328. The Morgan fingerprint density at radius 1 is 1.31 bits per heavy atom. The lowest BCUT2D eigenvalue weighted by atomic mass is 9.84. The molecule has 0 aliphatic carbocycles. The molecule has 0 radical (unpaired) electrons. The summed E-state index contributed by atoms with van der Waals surface area (Å²) in [5, 5.41) is 0. The third-order valence-electron chi connectivity index (χ3n) is 2.98. The van der Waals surface area contributed by atoms with Crippen molar-refractivity contribution in [2.24, 2.45) is 11.1 Å². The Kier molecular flexibility index (Phi) is 4.48. The summed E-state index contributed by atoms with van der Waals surface area (Å²) in [5.74, 6) is -0.155. The molecule has 0 spiro atoms. The van der Waals surface area contributed by atoms with Crippen LogP contribution in [-0.4, -0.2) is 6.04 Å². The van der Waals surface area contributed by atoms with Crippen LogP contribution in [0, 0.1) is 11.2 Å². The quantitative estimate of drug-likeness (QED) is 0.830. The molecule has 90 valence electrons. The molecule has 0 aliphatic rings. The van der Waals surface area contributed by atoms with Gasteiger partial charge in [0.15, 0.2) is 0 Å². The zero-order valence-corrected chi connectivity index (χ0v) is 10.5. The van der Waals surface area contributed by atoms with E-state index in [1.165, 1.54) is 6.07 Å². The number of halogens is 1.